The average molecular weight is 275 g/mol. The van der Waals surface area contributed by atoms with Gasteiger partial charge in [0, 0.05) is 4.92 Å². The number of hydrogen-bond donors (Lipinski definition) is 1. The Kier molecular flexibility index (Phi) is 3.24. The topological polar surface area (TPSA) is 124 Å². The smallest absolute Gasteiger partial charge is 0.253 e. The molecule has 0 radical (unpaired) electrons. The first kappa shape index (κ1) is 14.0. The van der Waals surface area contributed by atoms with Crippen LogP contribution in [0.1, 0.15) is 31.4 Å². The maximum absolute atomic E-state index is 11.4. The first-order valence-corrected chi connectivity index (χ1v) is 6.10. The lowest BCUT2D eigenvalue weighted by Gasteiger charge is -2.41. The van der Waals surface area contributed by atoms with Crippen molar-refractivity contribution < 1.29 is 14.4 Å². The van der Waals surface area contributed by atoms with Crippen LogP contribution >= 0.6 is 0 Å². The van der Waals surface area contributed by atoms with E-state index in [1.54, 1.807) is 0 Å². The van der Waals surface area contributed by atoms with Gasteiger partial charge < -0.3 is 9.52 Å². The van der Waals surface area contributed by atoms with Gasteiger partial charge in [0.05, 0.1) is 18.4 Å². The molecule has 104 valence electrons. The molecule has 2 rings (SSSR count). The highest BCUT2D eigenvalue weighted by atomic mass is 16.6. The standard InChI is InChI=1S/C13H13N3O4/c1-12(17)4-5-13(7-14,8-15)10(11(12)16(18)19)9-3-2-6-20-9/h2-3,6,10-11,17H,4-5H2,1H3/t10-,11-,12+/m0/s1. The van der Waals surface area contributed by atoms with Crippen molar-refractivity contribution in [1.29, 1.82) is 10.5 Å². The molecule has 0 unspecified atom stereocenters. The molecule has 7 nitrogen and oxygen atoms in total. The second kappa shape index (κ2) is 4.62. The highest BCUT2D eigenvalue weighted by Gasteiger charge is 2.62. The Morgan fingerprint density at radius 1 is 1.50 bits per heavy atom. The molecule has 1 aromatic heterocycles. The summed E-state index contributed by atoms with van der Waals surface area (Å²) in [7, 11) is 0. The number of nitrogens with zero attached hydrogens (tertiary/aromatic N) is 3. The average Bonchev–Trinajstić information content (AvgIpc) is 2.91. The molecule has 0 amide bonds. The maximum atomic E-state index is 11.4. The van der Waals surface area contributed by atoms with Gasteiger partial charge in [-0.1, -0.05) is 0 Å². The number of furan rings is 1. The van der Waals surface area contributed by atoms with Crippen LogP contribution in [0.3, 0.4) is 0 Å². The van der Waals surface area contributed by atoms with Gasteiger partial charge in [-0.2, -0.15) is 10.5 Å². The normalized spacial score (nSPS) is 32.0. The Bertz CT molecular complexity index is 580. The Morgan fingerprint density at radius 2 is 2.15 bits per heavy atom. The molecule has 1 N–H and O–H groups in total. The Hall–Kier alpha value is -2.38. The van der Waals surface area contributed by atoms with Crippen molar-refractivity contribution >= 4 is 0 Å². The molecule has 0 bridgehead atoms. The Morgan fingerprint density at radius 3 is 2.60 bits per heavy atom. The predicted octanol–water partition coefficient (Wildman–Crippen LogP) is 1.59. The summed E-state index contributed by atoms with van der Waals surface area (Å²) in [4.78, 5) is 10.8. The van der Waals surface area contributed by atoms with Crippen molar-refractivity contribution in [2.24, 2.45) is 5.41 Å². The number of aliphatic hydroxyl groups is 1. The van der Waals surface area contributed by atoms with Gasteiger partial charge in [0.1, 0.15) is 17.3 Å². The molecular weight excluding hydrogens is 262 g/mol. The number of hydrogen-bond acceptors (Lipinski definition) is 6. The molecule has 1 aliphatic carbocycles. The summed E-state index contributed by atoms with van der Waals surface area (Å²) < 4.78 is 5.19. The summed E-state index contributed by atoms with van der Waals surface area (Å²) in [5, 5.41) is 40.4. The van der Waals surface area contributed by atoms with Crippen molar-refractivity contribution in [3.8, 4) is 12.1 Å². The SMILES string of the molecule is C[C@@]1(O)CCC(C#N)(C#N)[C@@H](c2ccco2)[C@@H]1[N+](=O)[O-]. The fourth-order valence-electron chi connectivity index (χ4n) is 2.87. The lowest BCUT2D eigenvalue weighted by atomic mass is 9.60. The van der Waals surface area contributed by atoms with E-state index in [0.29, 0.717) is 0 Å². The zero-order valence-corrected chi connectivity index (χ0v) is 10.8. The highest BCUT2D eigenvalue weighted by molar-refractivity contribution is 5.30. The summed E-state index contributed by atoms with van der Waals surface area (Å²) in [6.45, 7) is 1.36. The van der Waals surface area contributed by atoms with E-state index >= 15 is 0 Å². The Balaban J connectivity index is 2.63. The third-order valence-electron chi connectivity index (χ3n) is 3.99. The van der Waals surface area contributed by atoms with Gasteiger partial charge in [-0.05, 0) is 31.9 Å². The summed E-state index contributed by atoms with van der Waals surface area (Å²) in [5.74, 6) is -0.930. The molecule has 0 aromatic carbocycles. The molecule has 3 atom stereocenters. The van der Waals surface area contributed by atoms with Crippen molar-refractivity contribution in [1.82, 2.24) is 0 Å². The van der Waals surface area contributed by atoms with Crippen molar-refractivity contribution in [2.75, 3.05) is 0 Å². The lowest BCUT2D eigenvalue weighted by Crippen LogP contribution is -2.56. The summed E-state index contributed by atoms with van der Waals surface area (Å²) in [6.07, 6.45) is 1.40. The fraction of sp³-hybridized carbons (Fsp3) is 0.538. The third kappa shape index (κ3) is 1.93. The van der Waals surface area contributed by atoms with E-state index in [-0.39, 0.29) is 18.6 Å². The van der Waals surface area contributed by atoms with Crippen LogP contribution in [-0.4, -0.2) is 21.7 Å². The number of nitro groups is 1. The van der Waals surface area contributed by atoms with E-state index in [1.807, 2.05) is 12.1 Å². The van der Waals surface area contributed by atoms with E-state index in [9.17, 15) is 25.7 Å². The first-order valence-electron chi connectivity index (χ1n) is 6.10. The van der Waals surface area contributed by atoms with Gasteiger partial charge in [0.25, 0.3) is 6.04 Å². The van der Waals surface area contributed by atoms with Gasteiger partial charge in [-0.3, -0.25) is 10.1 Å². The predicted molar refractivity (Wildman–Crippen MR) is 65.7 cm³/mol. The van der Waals surface area contributed by atoms with Crippen LogP contribution in [0.25, 0.3) is 0 Å². The third-order valence-corrected chi connectivity index (χ3v) is 3.99. The largest absolute Gasteiger partial charge is 0.469 e. The molecule has 0 spiro atoms. The van der Waals surface area contributed by atoms with Gasteiger partial charge in [-0.15, -0.1) is 0 Å². The van der Waals surface area contributed by atoms with Crippen LogP contribution in [0, 0.1) is 38.2 Å². The molecule has 1 heterocycles. The zero-order valence-electron chi connectivity index (χ0n) is 10.8. The minimum Gasteiger partial charge on any atom is -0.469 e. The second-order valence-corrected chi connectivity index (χ2v) is 5.28. The lowest BCUT2D eigenvalue weighted by molar-refractivity contribution is -0.555. The highest BCUT2D eigenvalue weighted by Crippen LogP contribution is 2.51. The van der Waals surface area contributed by atoms with Crippen LogP contribution in [0.15, 0.2) is 22.8 Å². The summed E-state index contributed by atoms with van der Waals surface area (Å²) in [6, 6.07) is 5.34. The second-order valence-electron chi connectivity index (χ2n) is 5.28. The molecular formula is C13H13N3O4. The van der Waals surface area contributed by atoms with Crippen LogP contribution in [0.2, 0.25) is 0 Å². The molecule has 1 fully saturated rings. The van der Waals surface area contributed by atoms with Crippen LogP contribution in [-0.2, 0) is 0 Å². The van der Waals surface area contributed by atoms with E-state index in [2.05, 4.69) is 0 Å². The summed E-state index contributed by atoms with van der Waals surface area (Å²) in [5.41, 5.74) is -3.17. The first-order chi connectivity index (χ1) is 9.38. The monoisotopic (exact) mass is 275 g/mol. The molecule has 1 saturated carbocycles. The number of rotatable bonds is 2. The van der Waals surface area contributed by atoms with E-state index < -0.39 is 27.9 Å². The summed E-state index contributed by atoms with van der Waals surface area (Å²) >= 11 is 0. The Labute approximate surface area is 115 Å². The quantitative estimate of drug-likeness (QED) is 0.645. The molecule has 7 heteroatoms. The van der Waals surface area contributed by atoms with Crippen molar-refractivity contribution in [2.45, 2.75) is 37.3 Å². The van der Waals surface area contributed by atoms with Gasteiger partial charge in [-0.25, -0.2) is 0 Å². The van der Waals surface area contributed by atoms with E-state index in [0.717, 1.165) is 0 Å². The minimum atomic E-state index is -1.60. The van der Waals surface area contributed by atoms with Crippen LogP contribution in [0.4, 0.5) is 0 Å². The fourth-order valence-corrected chi connectivity index (χ4v) is 2.87. The van der Waals surface area contributed by atoms with E-state index in [4.69, 9.17) is 4.42 Å². The van der Waals surface area contributed by atoms with Gasteiger partial charge in [0.15, 0.2) is 5.41 Å². The molecule has 1 aliphatic rings. The maximum Gasteiger partial charge on any atom is 0.253 e. The molecule has 0 saturated heterocycles. The van der Waals surface area contributed by atoms with Crippen LogP contribution < -0.4 is 0 Å². The molecule has 1 aromatic rings. The molecule has 20 heavy (non-hydrogen) atoms. The number of nitriles is 2. The minimum absolute atomic E-state index is 0.0109. The van der Waals surface area contributed by atoms with Crippen molar-refractivity contribution in [3.05, 3.63) is 34.3 Å². The van der Waals surface area contributed by atoms with E-state index in [1.165, 1.54) is 25.3 Å². The van der Waals surface area contributed by atoms with Gasteiger partial charge in [0.2, 0.25) is 0 Å². The van der Waals surface area contributed by atoms with Crippen molar-refractivity contribution in [3.63, 3.8) is 0 Å². The van der Waals surface area contributed by atoms with Crippen LogP contribution in [0.5, 0.6) is 0 Å². The molecule has 0 aliphatic heterocycles. The zero-order chi connectivity index (χ0) is 15.0. The van der Waals surface area contributed by atoms with Gasteiger partial charge >= 0.3 is 0 Å².